The number of methoxy groups -OCH3 is 1. The molecule has 1 heterocycles. The maximum atomic E-state index is 12.7. The van der Waals surface area contributed by atoms with Crippen molar-refractivity contribution in [2.75, 3.05) is 26.9 Å². The first-order chi connectivity index (χ1) is 12.6. The molecule has 1 atom stereocenters. The number of fused-ring (bicyclic) bond motifs is 1. The summed E-state index contributed by atoms with van der Waals surface area (Å²) in [7, 11) is 1.54. The number of ether oxygens (including phenoxy) is 4. The van der Waals surface area contributed by atoms with Gasteiger partial charge in [0.2, 0.25) is 5.75 Å². The van der Waals surface area contributed by atoms with E-state index >= 15 is 0 Å². The summed E-state index contributed by atoms with van der Waals surface area (Å²) < 4.78 is 22.0. The molecule has 2 aromatic carbocycles. The number of hydrogen-bond acceptors (Lipinski definition) is 5. The monoisotopic (exact) mass is 357 g/mol. The largest absolute Gasteiger partial charge is 0.494 e. The number of carbonyl (C=O) groups excluding carboxylic acids is 1. The molecule has 0 bridgehead atoms. The van der Waals surface area contributed by atoms with Gasteiger partial charge in [0.1, 0.15) is 19.0 Å². The summed E-state index contributed by atoms with van der Waals surface area (Å²) >= 11 is 0. The van der Waals surface area contributed by atoms with Crippen LogP contribution in [0.15, 0.2) is 36.4 Å². The van der Waals surface area contributed by atoms with Crippen molar-refractivity contribution in [3.8, 4) is 23.0 Å². The average molecular weight is 357 g/mol. The van der Waals surface area contributed by atoms with Gasteiger partial charge in [-0.3, -0.25) is 4.79 Å². The number of nitrogens with one attached hydrogen (secondary N) is 1. The van der Waals surface area contributed by atoms with E-state index in [2.05, 4.69) is 5.32 Å². The van der Waals surface area contributed by atoms with Gasteiger partial charge in [0, 0.05) is 5.56 Å². The van der Waals surface area contributed by atoms with E-state index in [0.717, 1.165) is 11.3 Å². The normalized spacial score (nSPS) is 13.7. The fourth-order valence-electron chi connectivity index (χ4n) is 2.81. The number of carbonyl (C=O) groups is 1. The highest BCUT2D eigenvalue weighted by molar-refractivity contribution is 5.96. The molecule has 0 aliphatic carbocycles. The number of amides is 1. The third kappa shape index (κ3) is 3.85. The molecule has 2 aromatic rings. The Kier molecular flexibility index (Phi) is 5.51. The second-order valence-corrected chi connectivity index (χ2v) is 5.90. The molecule has 0 aromatic heterocycles. The van der Waals surface area contributed by atoms with E-state index in [1.54, 1.807) is 12.1 Å². The van der Waals surface area contributed by atoms with Crippen LogP contribution in [0.25, 0.3) is 0 Å². The van der Waals surface area contributed by atoms with Gasteiger partial charge in [0.05, 0.1) is 19.8 Å². The lowest BCUT2D eigenvalue weighted by Crippen LogP contribution is -2.27. The van der Waals surface area contributed by atoms with E-state index in [-0.39, 0.29) is 11.9 Å². The zero-order valence-corrected chi connectivity index (χ0v) is 15.2. The van der Waals surface area contributed by atoms with Gasteiger partial charge in [0.15, 0.2) is 11.5 Å². The van der Waals surface area contributed by atoms with Crippen LogP contribution in [0.3, 0.4) is 0 Å². The molecular weight excluding hydrogens is 334 g/mol. The molecule has 6 nitrogen and oxygen atoms in total. The maximum Gasteiger partial charge on any atom is 0.252 e. The van der Waals surface area contributed by atoms with Gasteiger partial charge >= 0.3 is 0 Å². The second-order valence-electron chi connectivity index (χ2n) is 5.90. The molecule has 26 heavy (non-hydrogen) atoms. The second kappa shape index (κ2) is 7.99. The van der Waals surface area contributed by atoms with E-state index < -0.39 is 0 Å². The summed E-state index contributed by atoms with van der Waals surface area (Å²) in [6, 6.07) is 10.9. The van der Waals surface area contributed by atoms with Crippen LogP contribution < -0.4 is 24.3 Å². The van der Waals surface area contributed by atoms with Crippen molar-refractivity contribution in [2.45, 2.75) is 19.9 Å². The van der Waals surface area contributed by atoms with Crippen molar-refractivity contribution >= 4 is 5.91 Å². The fourth-order valence-corrected chi connectivity index (χ4v) is 2.81. The molecule has 0 spiro atoms. The quantitative estimate of drug-likeness (QED) is 0.859. The number of rotatable bonds is 6. The van der Waals surface area contributed by atoms with Crippen molar-refractivity contribution in [3.63, 3.8) is 0 Å². The summed E-state index contributed by atoms with van der Waals surface area (Å²) in [6.45, 7) is 5.37. The Morgan fingerprint density at radius 2 is 2.04 bits per heavy atom. The Bertz CT molecular complexity index is 773. The molecule has 0 saturated carbocycles. The van der Waals surface area contributed by atoms with Gasteiger partial charge in [-0.05, 0) is 43.7 Å². The lowest BCUT2D eigenvalue weighted by Gasteiger charge is -2.22. The van der Waals surface area contributed by atoms with Gasteiger partial charge in [-0.15, -0.1) is 0 Å². The molecule has 6 heteroatoms. The van der Waals surface area contributed by atoms with Gasteiger partial charge in [-0.2, -0.15) is 0 Å². The highest BCUT2D eigenvalue weighted by atomic mass is 16.6. The van der Waals surface area contributed by atoms with Crippen LogP contribution >= 0.6 is 0 Å². The van der Waals surface area contributed by atoms with Crippen LogP contribution in [-0.4, -0.2) is 32.8 Å². The van der Waals surface area contributed by atoms with Crippen LogP contribution in [0, 0.1) is 0 Å². The van der Waals surface area contributed by atoms with E-state index in [0.29, 0.717) is 42.6 Å². The Morgan fingerprint density at radius 3 is 2.81 bits per heavy atom. The van der Waals surface area contributed by atoms with Gasteiger partial charge in [-0.1, -0.05) is 12.1 Å². The minimum absolute atomic E-state index is 0.179. The maximum absolute atomic E-state index is 12.7. The summed E-state index contributed by atoms with van der Waals surface area (Å²) in [5, 5.41) is 2.99. The first kappa shape index (κ1) is 17.9. The number of hydrogen-bond donors (Lipinski definition) is 1. The Labute approximate surface area is 153 Å². The fraction of sp³-hybridized carbons (Fsp3) is 0.350. The van der Waals surface area contributed by atoms with Crippen molar-refractivity contribution in [2.24, 2.45) is 0 Å². The van der Waals surface area contributed by atoms with Crippen LogP contribution in [0.1, 0.15) is 35.8 Å². The molecular formula is C20H23NO5. The first-order valence-corrected chi connectivity index (χ1v) is 8.63. The van der Waals surface area contributed by atoms with Crippen molar-refractivity contribution < 1.29 is 23.7 Å². The SMILES string of the molecule is CCOc1cccc(C(C)NC(=O)c2cc(OC)c3c(c2)OCCO3)c1. The highest BCUT2D eigenvalue weighted by Gasteiger charge is 2.21. The van der Waals surface area contributed by atoms with Crippen LogP contribution in [0.4, 0.5) is 0 Å². The third-order valence-electron chi connectivity index (χ3n) is 4.11. The van der Waals surface area contributed by atoms with Crippen molar-refractivity contribution in [1.82, 2.24) is 5.32 Å². The van der Waals surface area contributed by atoms with Gasteiger partial charge < -0.3 is 24.3 Å². The molecule has 1 aliphatic rings. The molecule has 0 radical (unpaired) electrons. The standard InChI is InChI=1S/C20H23NO5/c1-4-24-16-7-5-6-14(10-16)13(2)21-20(22)15-11-17(23-3)19-18(12-15)25-8-9-26-19/h5-7,10-13H,4,8-9H2,1-3H3,(H,21,22). The van der Waals surface area contributed by atoms with E-state index in [1.807, 2.05) is 38.1 Å². The minimum Gasteiger partial charge on any atom is -0.494 e. The lowest BCUT2D eigenvalue weighted by atomic mass is 10.1. The molecule has 138 valence electrons. The smallest absolute Gasteiger partial charge is 0.252 e. The Balaban J connectivity index is 1.78. The van der Waals surface area contributed by atoms with Crippen LogP contribution in [0.5, 0.6) is 23.0 Å². The molecule has 1 aliphatic heterocycles. The van der Waals surface area contributed by atoms with Crippen LogP contribution in [0.2, 0.25) is 0 Å². The van der Waals surface area contributed by atoms with E-state index in [4.69, 9.17) is 18.9 Å². The molecule has 1 unspecified atom stereocenters. The molecule has 0 saturated heterocycles. The Hall–Kier alpha value is -2.89. The summed E-state index contributed by atoms with van der Waals surface area (Å²) in [4.78, 5) is 12.7. The Morgan fingerprint density at radius 1 is 1.23 bits per heavy atom. The predicted molar refractivity (Wildman–Crippen MR) is 97.5 cm³/mol. The van der Waals surface area contributed by atoms with Crippen LogP contribution in [-0.2, 0) is 0 Å². The number of benzene rings is 2. The van der Waals surface area contributed by atoms with Crippen molar-refractivity contribution in [3.05, 3.63) is 47.5 Å². The predicted octanol–water partition coefficient (Wildman–Crippen LogP) is 3.36. The van der Waals surface area contributed by atoms with Gasteiger partial charge in [0.25, 0.3) is 5.91 Å². The molecule has 1 amide bonds. The van der Waals surface area contributed by atoms with Crippen molar-refractivity contribution in [1.29, 1.82) is 0 Å². The zero-order valence-electron chi connectivity index (χ0n) is 15.2. The zero-order chi connectivity index (χ0) is 18.5. The highest BCUT2D eigenvalue weighted by Crippen LogP contribution is 2.40. The van der Waals surface area contributed by atoms with E-state index in [9.17, 15) is 4.79 Å². The summed E-state index contributed by atoms with van der Waals surface area (Å²) in [5.74, 6) is 2.11. The lowest BCUT2D eigenvalue weighted by molar-refractivity contribution is 0.0938. The van der Waals surface area contributed by atoms with E-state index in [1.165, 1.54) is 7.11 Å². The third-order valence-corrected chi connectivity index (χ3v) is 4.11. The molecule has 3 rings (SSSR count). The summed E-state index contributed by atoms with van der Waals surface area (Å²) in [5.41, 5.74) is 1.42. The first-order valence-electron chi connectivity index (χ1n) is 8.63. The molecule has 0 fully saturated rings. The average Bonchev–Trinajstić information content (AvgIpc) is 2.67. The molecule has 1 N–H and O–H groups in total. The minimum atomic E-state index is -0.213. The topological polar surface area (TPSA) is 66.0 Å². The van der Waals surface area contributed by atoms with Gasteiger partial charge in [-0.25, -0.2) is 0 Å². The summed E-state index contributed by atoms with van der Waals surface area (Å²) in [6.07, 6.45) is 0.